The Morgan fingerprint density at radius 2 is 2.36 bits per heavy atom. The van der Waals surface area contributed by atoms with Crippen molar-refractivity contribution in [2.24, 2.45) is 0 Å². The van der Waals surface area contributed by atoms with Crippen LogP contribution in [0.5, 0.6) is 0 Å². The van der Waals surface area contributed by atoms with Crippen LogP contribution in [-0.2, 0) is 9.53 Å². The zero-order chi connectivity index (χ0) is 10.6. The van der Waals surface area contributed by atoms with Crippen LogP contribution in [0, 0.1) is 0 Å². The predicted molar refractivity (Wildman–Crippen MR) is 59.6 cm³/mol. The summed E-state index contributed by atoms with van der Waals surface area (Å²) in [7, 11) is 0. The Morgan fingerprint density at radius 1 is 1.64 bits per heavy atom. The van der Waals surface area contributed by atoms with Crippen molar-refractivity contribution in [1.82, 2.24) is 5.32 Å². The van der Waals surface area contributed by atoms with Gasteiger partial charge in [-0.1, -0.05) is 13.8 Å². The van der Waals surface area contributed by atoms with E-state index in [0.717, 1.165) is 18.7 Å². The van der Waals surface area contributed by atoms with Crippen molar-refractivity contribution >= 4 is 17.7 Å². The first-order valence-electron chi connectivity index (χ1n) is 5.21. The van der Waals surface area contributed by atoms with Gasteiger partial charge in [-0.05, 0) is 25.6 Å². The number of hydrogen-bond donors (Lipinski definition) is 1. The van der Waals surface area contributed by atoms with E-state index in [9.17, 15) is 4.79 Å². The van der Waals surface area contributed by atoms with E-state index in [1.54, 1.807) is 0 Å². The second kappa shape index (κ2) is 5.03. The van der Waals surface area contributed by atoms with Gasteiger partial charge in [0.1, 0.15) is 5.54 Å². The van der Waals surface area contributed by atoms with Crippen molar-refractivity contribution < 1.29 is 9.53 Å². The van der Waals surface area contributed by atoms with Gasteiger partial charge in [0.05, 0.1) is 6.61 Å². The van der Waals surface area contributed by atoms with Crippen LogP contribution < -0.4 is 5.32 Å². The summed E-state index contributed by atoms with van der Waals surface area (Å²) in [6.45, 7) is 7.24. The molecule has 0 aromatic carbocycles. The molecule has 0 aliphatic carbocycles. The lowest BCUT2D eigenvalue weighted by molar-refractivity contribution is -0.151. The monoisotopic (exact) mass is 217 g/mol. The second-order valence-electron chi connectivity index (χ2n) is 3.49. The Kier molecular flexibility index (Phi) is 4.26. The molecule has 1 aliphatic heterocycles. The van der Waals surface area contributed by atoms with Crippen molar-refractivity contribution in [3.63, 3.8) is 0 Å². The van der Waals surface area contributed by atoms with Crippen LogP contribution in [0.3, 0.4) is 0 Å². The molecule has 1 rings (SSSR count). The molecule has 82 valence electrons. The fourth-order valence-corrected chi connectivity index (χ4v) is 3.27. The smallest absolute Gasteiger partial charge is 0.327 e. The molecule has 2 unspecified atom stereocenters. The topological polar surface area (TPSA) is 38.3 Å². The second-order valence-corrected chi connectivity index (χ2v) is 4.93. The maximum absolute atomic E-state index is 11.9. The third-order valence-corrected chi connectivity index (χ3v) is 4.03. The highest BCUT2D eigenvalue weighted by molar-refractivity contribution is 8.00. The highest BCUT2D eigenvalue weighted by Gasteiger charge is 2.47. The summed E-state index contributed by atoms with van der Waals surface area (Å²) in [4.78, 5) is 11.9. The Labute approximate surface area is 90.0 Å². The number of carbonyl (C=O) groups is 1. The molecular formula is C10H19NO2S. The third-order valence-electron chi connectivity index (χ3n) is 2.69. The average Bonchev–Trinajstić information content (AvgIpc) is 2.50. The minimum absolute atomic E-state index is 0.0839. The van der Waals surface area contributed by atoms with Gasteiger partial charge in [0.25, 0.3) is 0 Å². The molecule has 3 nitrogen and oxygen atoms in total. The van der Waals surface area contributed by atoms with Crippen LogP contribution >= 0.6 is 11.8 Å². The molecule has 1 fully saturated rings. The van der Waals surface area contributed by atoms with Gasteiger partial charge in [0.2, 0.25) is 0 Å². The lowest BCUT2D eigenvalue weighted by atomic mass is 9.93. The molecule has 0 saturated carbocycles. The first-order chi connectivity index (χ1) is 6.67. The number of nitrogens with one attached hydrogen (secondary N) is 1. The van der Waals surface area contributed by atoms with Gasteiger partial charge in [0.15, 0.2) is 0 Å². The number of ether oxygens (including phenoxy) is 1. The molecule has 0 aromatic rings. The molecule has 0 spiro atoms. The highest BCUT2D eigenvalue weighted by atomic mass is 32.2. The molecule has 0 radical (unpaired) electrons. The lowest BCUT2D eigenvalue weighted by Gasteiger charge is -2.31. The number of carbonyl (C=O) groups excluding carboxylic acids is 1. The van der Waals surface area contributed by atoms with Gasteiger partial charge in [-0.15, -0.1) is 0 Å². The molecule has 14 heavy (non-hydrogen) atoms. The summed E-state index contributed by atoms with van der Waals surface area (Å²) in [5.74, 6) is 0.951. The normalized spacial score (nSPS) is 31.8. The van der Waals surface area contributed by atoms with E-state index in [4.69, 9.17) is 4.74 Å². The number of rotatable bonds is 4. The molecule has 1 saturated heterocycles. The molecule has 1 N–H and O–H groups in total. The molecule has 1 aliphatic rings. The maximum atomic E-state index is 11.9. The number of thioether (sulfide) groups is 1. The summed E-state index contributed by atoms with van der Waals surface area (Å²) in [5.41, 5.74) is -0.435. The summed E-state index contributed by atoms with van der Waals surface area (Å²) in [5, 5.41) is 3.60. The summed E-state index contributed by atoms with van der Waals surface area (Å²) >= 11 is 1.83. The number of hydrogen-bond acceptors (Lipinski definition) is 4. The van der Waals surface area contributed by atoms with Gasteiger partial charge < -0.3 is 10.1 Å². The zero-order valence-corrected chi connectivity index (χ0v) is 9.95. The van der Waals surface area contributed by atoms with Crippen LogP contribution in [0.2, 0.25) is 0 Å². The van der Waals surface area contributed by atoms with E-state index in [1.807, 2.05) is 25.6 Å². The molecule has 0 amide bonds. The Hall–Kier alpha value is -0.220. The van der Waals surface area contributed by atoms with Crippen molar-refractivity contribution in [1.29, 1.82) is 0 Å². The Morgan fingerprint density at radius 3 is 2.79 bits per heavy atom. The highest BCUT2D eigenvalue weighted by Crippen LogP contribution is 2.36. The quantitative estimate of drug-likeness (QED) is 0.723. The predicted octanol–water partition coefficient (Wildman–Crippen LogP) is 1.42. The zero-order valence-electron chi connectivity index (χ0n) is 9.13. The van der Waals surface area contributed by atoms with Crippen molar-refractivity contribution in [3.8, 4) is 0 Å². The molecule has 0 aromatic heterocycles. The van der Waals surface area contributed by atoms with Gasteiger partial charge >= 0.3 is 5.97 Å². The van der Waals surface area contributed by atoms with Crippen LogP contribution in [0.4, 0.5) is 0 Å². The van der Waals surface area contributed by atoms with Gasteiger partial charge in [-0.2, -0.15) is 11.8 Å². The van der Waals surface area contributed by atoms with Crippen LogP contribution in [0.15, 0.2) is 0 Å². The van der Waals surface area contributed by atoms with E-state index in [1.165, 1.54) is 0 Å². The van der Waals surface area contributed by atoms with E-state index < -0.39 is 5.54 Å². The molecule has 2 atom stereocenters. The van der Waals surface area contributed by atoms with Crippen molar-refractivity contribution in [3.05, 3.63) is 0 Å². The fraction of sp³-hybridized carbons (Fsp3) is 0.900. The van der Waals surface area contributed by atoms with E-state index >= 15 is 0 Å². The molecular weight excluding hydrogens is 198 g/mol. The number of esters is 1. The Bertz CT molecular complexity index is 210. The largest absolute Gasteiger partial charge is 0.465 e. The van der Waals surface area contributed by atoms with Crippen LogP contribution in [-0.4, -0.2) is 35.7 Å². The van der Waals surface area contributed by atoms with E-state index in [0.29, 0.717) is 11.9 Å². The van der Waals surface area contributed by atoms with Gasteiger partial charge in [-0.25, -0.2) is 0 Å². The number of likely N-dealkylation sites (N-methyl/N-ethyl adjacent to an activating group) is 1. The maximum Gasteiger partial charge on any atom is 0.327 e. The van der Waals surface area contributed by atoms with Crippen LogP contribution in [0.25, 0.3) is 0 Å². The minimum Gasteiger partial charge on any atom is -0.465 e. The fourth-order valence-electron chi connectivity index (χ4n) is 1.89. The molecule has 4 heteroatoms. The minimum atomic E-state index is -0.435. The van der Waals surface area contributed by atoms with E-state index in [-0.39, 0.29) is 5.97 Å². The van der Waals surface area contributed by atoms with Crippen LogP contribution in [0.1, 0.15) is 27.2 Å². The first-order valence-corrected chi connectivity index (χ1v) is 6.26. The van der Waals surface area contributed by atoms with Crippen molar-refractivity contribution in [2.75, 3.05) is 18.9 Å². The standard InChI is InChI=1S/C10H19NO2S/c1-4-11-10(9(12)13-5-2)6-7-14-8(10)3/h8,11H,4-7H2,1-3H3. The lowest BCUT2D eigenvalue weighted by Crippen LogP contribution is -2.56. The summed E-state index contributed by atoms with van der Waals surface area (Å²) < 4.78 is 5.14. The van der Waals surface area contributed by atoms with Gasteiger partial charge in [-0.3, -0.25) is 4.79 Å². The first kappa shape index (κ1) is 11.9. The molecule has 1 heterocycles. The third kappa shape index (κ3) is 2.06. The average molecular weight is 217 g/mol. The summed E-state index contributed by atoms with van der Waals surface area (Å²) in [6, 6.07) is 0. The van der Waals surface area contributed by atoms with Crippen molar-refractivity contribution in [2.45, 2.75) is 38.0 Å². The molecule has 0 bridgehead atoms. The van der Waals surface area contributed by atoms with E-state index in [2.05, 4.69) is 12.2 Å². The summed E-state index contributed by atoms with van der Waals surface area (Å²) in [6.07, 6.45) is 0.880. The van der Waals surface area contributed by atoms with Gasteiger partial charge in [0, 0.05) is 5.25 Å². The SMILES string of the molecule is CCNC1(C(=O)OCC)CCSC1C. The Balaban J connectivity index is 2.75.